The fourth-order valence-electron chi connectivity index (χ4n) is 1.36. The van der Waals surface area contributed by atoms with Gasteiger partial charge in [-0.1, -0.05) is 0 Å². The van der Waals surface area contributed by atoms with E-state index in [2.05, 4.69) is 25.2 Å². The van der Waals surface area contributed by atoms with Gasteiger partial charge < -0.3 is 0 Å². The summed E-state index contributed by atoms with van der Waals surface area (Å²) in [7, 11) is -10.7. The summed E-state index contributed by atoms with van der Waals surface area (Å²) in [5, 5.41) is 0. The van der Waals surface area contributed by atoms with Gasteiger partial charge in [-0.3, -0.25) is 12.5 Å². The first-order chi connectivity index (χ1) is 9.93. The molecule has 22 heavy (non-hydrogen) atoms. The third-order valence-electron chi connectivity index (χ3n) is 2.50. The summed E-state index contributed by atoms with van der Waals surface area (Å²) >= 11 is 3.82. The molecule has 0 saturated heterocycles. The average Bonchev–Trinajstić information content (AvgIpc) is 2.46. The molecule has 1 rings (SSSR count). The number of hydrogen-bond acceptors (Lipinski definition) is 10. The SMILES string of the molecule is COS(=O)(=O)c1cc(S(=O)(=O)OC)c(S)c(S(=O)(=O)OC)c1. The zero-order valence-corrected chi connectivity index (χ0v) is 14.8. The van der Waals surface area contributed by atoms with Crippen LogP contribution in [0.5, 0.6) is 0 Å². The predicted molar refractivity (Wildman–Crippen MR) is 76.3 cm³/mol. The zero-order chi connectivity index (χ0) is 17.3. The molecule has 1 aromatic carbocycles. The Labute approximate surface area is 134 Å². The zero-order valence-electron chi connectivity index (χ0n) is 11.5. The molecule has 0 spiro atoms. The molecule has 0 radical (unpaired) electrons. The highest BCUT2D eigenvalue weighted by molar-refractivity contribution is 7.90. The molecule has 0 aromatic heterocycles. The second kappa shape index (κ2) is 6.43. The van der Waals surface area contributed by atoms with Crippen molar-refractivity contribution in [2.45, 2.75) is 19.6 Å². The molecule has 0 atom stereocenters. The lowest BCUT2D eigenvalue weighted by Crippen LogP contribution is -2.13. The highest BCUT2D eigenvalue weighted by Gasteiger charge is 2.29. The number of hydrogen-bond donors (Lipinski definition) is 1. The molecule has 0 fully saturated rings. The normalized spacial score (nSPS) is 13.3. The van der Waals surface area contributed by atoms with E-state index in [1.54, 1.807) is 0 Å². The molecule has 0 amide bonds. The van der Waals surface area contributed by atoms with E-state index in [1.165, 1.54) is 0 Å². The Kier molecular flexibility index (Phi) is 5.65. The molecule has 0 saturated carbocycles. The summed E-state index contributed by atoms with van der Waals surface area (Å²) in [6, 6.07) is 1.35. The van der Waals surface area contributed by atoms with Crippen molar-refractivity contribution in [1.82, 2.24) is 0 Å². The lowest BCUT2D eigenvalue weighted by atomic mass is 10.3. The first-order valence-corrected chi connectivity index (χ1v) is 9.89. The summed E-state index contributed by atoms with van der Waals surface area (Å²) in [5.74, 6) is 0. The smallest absolute Gasteiger partial charge is 0.270 e. The van der Waals surface area contributed by atoms with Crippen LogP contribution >= 0.6 is 12.6 Å². The van der Waals surface area contributed by atoms with Crippen molar-refractivity contribution < 1.29 is 37.8 Å². The highest BCUT2D eigenvalue weighted by Crippen LogP contribution is 2.32. The Balaban J connectivity index is 3.98. The maximum atomic E-state index is 11.8. The van der Waals surface area contributed by atoms with Gasteiger partial charge in [0.2, 0.25) is 0 Å². The van der Waals surface area contributed by atoms with Gasteiger partial charge in [0, 0.05) is 4.90 Å². The molecule has 0 aliphatic heterocycles. The van der Waals surface area contributed by atoms with Crippen molar-refractivity contribution in [2.75, 3.05) is 21.3 Å². The minimum absolute atomic E-state index is 0.543. The minimum atomic E-state index is -4.43. The summed E-state index contributed by atoms with van der Waals surface area (Å²) in [6.45, 7) is 0. The van der Waals surface area contributed by atoms with E-state index in [-0.39, 0.29) is 0 Å². The summed E-state index contributed by atoms with van der Waals surface area (Å²) in [6.07, 6.45) is 0. The molecule has 0 N–H and O–H groups in total. The Morgan fingerprint density at radius 1 is 0.727 bits per heavy atom. The van der Waals surface area contributed by atoms with Crippen LogP contribution in [0.1, 0.15) is 0 Å². The van der Waals surface area contributed by atoms with Gasteiger partial charge >= 0.3 is 0 Å². The van der Waals surface area contributed by atoms with Gasteiger partial charge in [0.25, 0.3) is 30.4 Å². The second-order valence-electron chi connectivity index (χ2n) is 3.63. The van der Waals surface area contributed by atoms with Gasteiger partial charge in [0.15, 0.2) is 0 Å². The van der Waals surface area contributed by atoms with Crippen LogP contribution in [0.25, 0.3) is 0 Å². The van der Waals surface area contributed by atoms with Gasteiger partial charge in [-0.05, 0) is 12.1 Å². The largest absolute Gasteiger partial charge is 0.297 e. The van der Waals surface area contributed by atoms with Gasteiger partial charge in [0.05, 0.1) is 26.2 Å². The fraction of sp³-hybridized carbons (Fsp3) is 0.333. The Morgan fingerprint density at radius 3 is 1.32 bits per heavy atom. The van der Waals surface area contributed by atoms with Gasteiger partial charge in [-0.25, -0.2) is 0 Å². The van der Waals surface area contributed by atoms with E-state index in [0.717, 1.165) is 21.3 Å². The molecule has 0 bridgehead atoms. The Bertz CT molecular complexity index is 826. The quantitative estimate of drug-likeness (QED) is 0.524. The maximum Gasteiger partial charge on any atom is 0.297 e. The van der Waals surface area contributed by atoms with Crippen LogP contribution in [0, 0.1) is 0 Å². The maximum absolute atomic E-state index is 11.8. The van der Waals surface area contributed by atoms with E-state index in [1.807, 2.05) is 0 Å². The molecule has 0 heterocycles. The van der Waals surface area contributed by atoms with Gasteiger partial charge in [0.1, 0.15) is 9.79 Å². The molecular formula is C9H12O9S4. The van der Waals surface area contributed by atoms with Crippen molar-refractivity contribution in [3.8, 4) is 0 Å². The van der Waals surface area contributed by atoms with E-state index in [0.29, 0.717) is 12.1 Å². The molecule has 0 aliphatic carbocycles. The van der Waals surface area contributed by atoms with Crippen LogP contribution in [-0.4, -0.2) is 46.6 Å². The molecule has 0 aliphatic rings. The van der Waals surface area contributed by atoms with E-state index < -0.39 is 49.9 Å². The van der Waals surface area contributed by atoms with E-state index in [4.69, 9.17) is 0 Å². The topological polar surface area (TPSA) is 130 Å². The first kappa shape index (κ1) is 19.3. The van der Waals surface area contributed by atoms with E-state index >= 15 is 0 Å². The van der Waals surface area contributed by atoms with Crippen LogP contribution < -0.4 is 0 Å². The fourth-order valence-corrected chi connectivity index (χ4v) is 4.69. The molecule has 13 heteroatoms. The highest BCUT2D eigenvalue weighted by atomic mass is 32.2. The summed E-state index contributed by atoms with van der Waals surface area (Å²) < 4.78 is 83.5. The minimum Gasteiger partial charge on any atom is -0.270 e. The number of thiol groups is 1. The van der Waals surface area contributed by atoms with Crippen LogP contribution in [0.4, 0.5) is 0 Å². The molecule has 1 aromatic rings. The van der Waals surface area contributed by atoms with Crippen molar-refractivity contribution in [2.24, 2.45) is 0 Å². The van der Waals surface area contributed by atoms with Gasteiger partial charge in [-0.15, -0.1) is 12.6 Å². The molecule has 0 unspecified atom stereocenters. The monoisotopic (exact) mass is 392 g/mol. The third kappa shape index (κ3) is 3.61. The average molecular weight is 392 g/mol. The molecular weight excluding hydrogens is 380 g/mol. The summed E-state index contributed by atoms with van der Waals surface area (Å²) in [4.78, 5) is -2.77. The number of benzene rings is 1. The Hall–Kier alpha value is -0.700. The van der Waals surface area contributed by atoms with Crippen LogP contribution in [0.15, 0.2) is 31.7 Å². The van der Waals surface area contributed by atoms with Crippen molar-refractivity contribution in [1.29, 1.82) is 0 Å². The van der Waals surface area contributed by atoms with Crippen LogP contribution in [0.3, 0.4) is 0 Å². The predicted octanol–water partition coefficient (Wildman–Crippen LogP) is -0.0194. The Morgan fingerprint density at radius 2 is 1.05 bits per heavy atom. The lowest BCUT2D eigenvalue weighted by Gasteiger charge is -2.12. The van der Waals surface area contributed by atoms with Crippen LogP contribution in [-0.2, 0) is 42.9 Å². The molecule has 126 valence electrons. The van der Waals surface area contributed by atoms with E-state index in [9.17, 15) is 25.3 Å². The van der Waals surface area contributed by atoms with Crippen LogP contribution in [0.2, 0.25) is 0 Å². The second-order valence-corrected chi connectivity index (χ2v) is 9.15. The lowest BCUT2D eigenvalue weighted by molar-refractivity contribution is 0.390. The number of rotatable bonds is 6. The summed E-state index contributed by atoms with van der Waals surface area (Å²) in [5.41, 5.74) is 0. The van der Waals surface area contributed by atoms with Gasteiger partial charge in [-0.2, -0.15) is 25.3 Å². The van der Waals surface area contributed by atoms with Crippen molar-refractivity contribution in [3.63, 3.8) is 0 Å². The van der Waals surface area contributed by atoms with Crippen molar-refractivity contribution >= 4 is 43.0 Å². The third-order valence-corrected chi connectivity index (χ3v) is 7.13. The first-order valence-electron chi connectivity index (χ1n) is 5.22. The standard InChI is InChI=1S/C9H12O9S4/c1-16-20(10,11)6-4-7(21(12,13)17-2)9(19)8(5-6)22(14,15)18-3/h4-5,19H,1-3H3. The van der Waals surface area contributed by atoms with Crippen molar-refractivity contribution in [3.05, 3.63) is 12.1 Å². The molecule has 9 nitrogen and oxygen atoms in total.